The smallest absolute Gasteiger partial charge is 0.142 e. The fourth-order valence-electron chi connectivity index (χ4n) is 1.14. The molecule has 13 heavy (non-hydrogen) atoms. The molecule has 2 nitrogen and oxygen atoms in total. The molecule has 0 spiro atoms. The molecular formula is C11H12O2. The van der Waals surface area contributed by atoms with Gasteiger partial charge >= 0.3 is 0 Å². The number of hydrogen-bond donors (Lipinski definition) is 1. The van der Waals surface area contributed by atoms with E-state index in [0.29, 0.717) is 12.2 Å². The third-order valence-electron chi connectivity index (χ3n) is 1.97. The summed E-state index contributed by atoms with van der Waals surface area (Å²) in [5.41, 5.74) is 1.91. The lowest BCUT2D eigenvalue weighted by Crippen LogP contribution is -1.86. The quantitative estimate of drug-likeness (QED) is 0.565. The summed E-state index contributed by atoms with van der Waals surface area (Å²) in [6.45, 7) is 1.86. The van der Waals surface area contributed by atoms with Crippen molar-refractivity contribution in [3.63, 3.8) is 0 Å². The second-order valence-corrected chi connectivity index (χ2v) is 2.83. The molecule has 1 rings (SSSR count). The lowest BCUT2D eigenvalue weighted by atomic mass is 10.0. The van der Waals surface area contributed by atoms with Crippen LogP contribution in [-0.2, 0) is 11.2 Å². The zero-order valence-electron chi connectivity index (χ0n) is 7.53. The number of phenolic OH excluding ortho intramolecular Hbond substituents is 1. The van der Waals surface area contributed by atoms with Gasteiger partial charge in [0.2, 0.25) is 0 Å². The summed E-state index contributed by atoms with van der Waals surface area (Å²) in [6.07, 6.45) is 4.66. The Morgan fingerprint density at radius 3 is 2.92 bits per heavy atom. The lowest BCUT2D eigenvalue weighted by Gasteiger charge is -2.03. The number of aromatic hydroxyl groups is 1. The van der Waals surface area contributed by atoms with Crippen molar-refractivity contribution in [2.45, 2.75) is 13.3 Å². The topological polar surface area (TPSA) is 37.3 Å². The van der Waals surface area contributed by atoms with E-state index >= 15 is 0 Å². The van der Waals surface area contributed by atoms with Gasteiger partial charge in [0.05, 0.1) is 0 Å². The molecule has 0 aliphatic heterocycles. The molecule has 1 N–H and O–H groups in total. The Balaban J connectivity index is 2.82. The van der Waals surface area contributed by atoms with Crippen LogP contribution in [0.1, 0.15) is 11.1 Å². The molecule has 0 radical (unpaired) electrons. The van der Waals surface area contributed by atoms with Gasteiger partial charge in [-0.05, 0) is 36.6 Å². The SMILES string of the molecule is Cc1c(O)cccc1C/C=C/C=O. The number of phenols is 1. The van der Waals surface area contributed by atoms with Crippen molar-refractivity contribution in [3.8, 4) is 5.75 Å². The van der Waals surface area contributed by atoms with Crippen molar-refractivity contribution in [2.75, 3.05) is 0 Å². The maximum absolute atomic E-state index is 10.0. The minimum atomic E-state index is 0.303. The van der Waals surface area contributed by atoms with Crippen LogP contribution >= 0.6 is 0 Å². The Hall–Kier alpha value is -1.57. The monoisotopic (exact) mass is 176 g/mol. The molecule has 0 fully saturated rings. The van der Waals surface area contributed by atoms with Gasteiger partial charge < -0.3 is 5.11 Å². The molecule has 0 saturated heterocycles. The number of hydrogen-bond acceptors (Lipinski definition) is 2. The highest BCUT2D eigenvalue weighted by Gasteiger charge is 1.99. The van der Waals surface area contributed by atoms with Gasteiger partial charge in [0, 0.05) is 0 Å². The summed E-state index contributed by atoms with van der Waals surface area (Å²) in [6, 6.07) is 5.39. The Labute approximate surface area is 77.5 Å². The van der Waals surface area contributed by atoms with Crippen molar-refractivity contribution in [2.24, 2.45) is 0 Å². The number of benzene rings is 1. The van der Waals surface area contributed by atoms with Gasteiger partial charge in [-0.15, -0.1) is 0 Å². The lowest BCUT2D eigenvalue weighted by molar-refractivity contribution is -0.104. The molecule has 0 aromatic heterocycles. The highest BCUT2D eigenvalue weighted by atomic mass is 16.3. The second-order valence-electron chi connectivity index (χ2n) is 2.83. The van der Waals surface area contributed by atoms with Gasteiger partial charge in [-0.1, -0.05) is 18.2 Å². The standard InChI is InChI=1S/C11H12O2/c1-9-10(5-2-3-8-12)6-4-7-11(9)13/h2-4,6-8,13H,5H2,1H3/b3-2+. The van der Waals surface area contributed by atoms with Crippen molar-refractivity contribution in [3.05, 3.63) is 41.5 Å². The summed E-state index contributed by atoms with van der Waals surface area (Å²) in [5, 5.41) is 9.36. The number of rotatable bonds is 3. The number of carbonyl (C=O) groups excluding carboxylic acids is 1. The third-order valence-corrected chi connectivity index (χ3v) is 1.97. The molecule has 0 unspecified atom stereocenters. The summed E-state index contributed by atoms with van der Waals surface area (Å²) < 4.78 is 0. The van der Waals surface area contributed by atoms with Gasteiger partial charge in [-0.2, -0.15) is 0 Å². The summed E-state index contributed by atoms with van der Waals surface area (Å²) in [4.78, 5) is 10.0. The van der Waals surface area contributed by atoms with E-state index in [9.17, 15) is 9.90 Å². The van der Waals surface area contributed by atoms with Crippen LogP contribution in [-0.4, -0.2) is 11.4 Å². The normalized spacial score (nSPS) is 10.5. The summed E-state index contributed by atoms with van der Waals surface area (Å²) in [5.74, 6) is 0.303. The largest absolute Gasteiger partial charge is 0.508 e. The Morgan fingerprint density at radius 2 is 2.23 bits per heavy atom. The average molecular weight is 176 g/mol. The molecule has 0 aliphatic carbocycles. The van der Waals surface area contributed by atoms with E-state index in [1.807, 2.05) is 13.0 Å². The molecule has 2 heteroatoms. The zero-order chi connectivity index (χ0) is 9.68. The number of allylic oxidation sites excluding steroid dienone is 2. The van der Waals surface area contributed by atoms with Crippen LogP contribution in [0, 0.1) is 6.92 Å². The first-order chi connectivity index (χ1) is 6.25. The van der Waals surface area contributed by atoms with Gasteiger partial charge in [0.15, 0.2) is 0 Å². The van der Waals surface area contributed by atoms with E-state index in [4.69, 9.17) is 0 Å². The van der Waals surface area contributed by atoms with E-state index in [1.54, 1.807) is 18.2 Å². The fraction of sp³-hybridized carbons (Fsp3) is 0.182. The van der Waals surface area contributed by atoms with E-state index in [2.05, 4.69) is 0 Å². The van der Waals surface area contributed by atoms with Crippen LogP contribution in [0.5, 0.6) is 5.75 Å². The van der Waals surface area contributed by atoms with Crippen LogP contribution in [0.15, 0.2) is 30.4 Å². The first kappa shape index (κ1) is 9.52. The van der Waals surface area contributed by atoms with Gasteiger partial charge in [-0.3, -0.25) is 4.79 Å². The minimum absolute atomic E-state index is 0.303. The minimum Gasteiger partial charge on any atom is -0.508 e. The summed E-state index contributed by atoms with van der Waals surface area (Å²) in [7, 11) is 0. The fourth-order valence-corrected chi connectivity index (χ4v) is 1.14. The molecule has 0 aliphatic rings. The van der Waals surface area contributed by atoms with Gasteiger partial charge in [0.1, 0.15) is 12.0 Å². The van der Waals surface area contributed by atoms with Crippen molar-refractivity contribution in [1.29, 1.82) is 0 Å². The molecule has 0 amide bonds. The van der Waals surface area contributed by atoms with Gasteiger partial charge in [-0.25, -0.2) is 0 Å². The molecule has 0 bridgehead atoms. The zero-order valence-corrected chi connectivity index (χ0v) is 7.53. The van der Waals surface area contributed by atoms with Crippen molar-refractivity contribution < 1.29 is 9.90 Å². The predicted molar refractivity (Wildman–Crippen MR) is 51.8 cm³/mol. The molecule has 0 atom stereocenters. The first-order valence-corrected chi connectivity index (χ1v) is 4.13. The maximum atomic E-state index is 10.0. The van der Waals surface area contributed by atoms with E-state index in [1.165, 1.54) is 6.08 Å². The predicted octanol–water partition coefficient (Wildman–Crippen LogP) is 2.00. The van der Waals surface area contributed by atoms with Crippen molar-refractivity contribution in [1.82, 2.24) is 0 Å². The summed E-state index contributed by atoms with van der Waals surface area (Å²) >= 11 is 0. The van der Waals surface area contributed by atoms with Crippen molar-refractivity contribution >= 4 is 6.29 Å². The van der Waals surface area contributed by atoms with E-state index in [-0.39, 0.29) is 0 Å². The second kappa shape index (κ2) is 4.45. The van der Waals surface area contributed by atoms with Crippen LogP contribution in [0.25, 0.3) is 0 Å². The highest BCUT2D eigenvalue weighted by molar-refractivity contribution is 5.64. The number of carbonyl (C=O) groups is 1. The third kappa shape index (κ3) is 2.44. The molecule has 1 aromatic carbocycles. The van der Waals surface area contributed by atoms with Crippen LogP contribution in [0.2, 0.25) is 0 Å². The number of aldehydes is 1. The molecular weight excluding hydrogens is 164 g/mol. The first-order valence-electron chi connectivity index (χ1n) is 4.13. The van der Waals surface area contributed by atoms with E-state index in [0.717, 1.165) is 17.4 Å². The van der Waals surface area contributed by atoms with E-state index < -0.39 is 0 Å². The molecule has 0 heterocycles. The van der Waals surface area contributed by atoms with Crippen LogP contribution in [0.3, 0.4) is 0 Å². The Bertz CT molecular complexity index is 327. The maximum Gasteiger partial charge on any atom is 0.142 e. The molecule has 0 saturated carbocycles. The highest BCUT2D eigenvalue weighted by Crippen LogP contribution is 2.19. The molecule has 1 aromatic rings. The van der Waals surface area contributed by atoms with Crippen LogP contribution < -0.4 is 0 Å². The Morgan fingerprint density at radius 1 is 1.46 bits per heavy atom. The Kier molecular flexibility index (Phi) is 3.26. The van der Waals surface area contributed by atoms with Crippen LogP contribution in [0.4, 0.5) is 0 Å². The average Bonchev–Trinajstić information content (AvgIpc) is 2.13. The molecule has 68 valence electrons. The van der Waals surface area contributed by atoms with Gasteiger partial charge in [0.25, 0.3) is 0 Å².